The normalized spacial score (nSPS) is 23.3. The maximum Gasteiger partial charge on any atom is 0.317 e. The highest BCUT2D eigenvalue weighted by atomic mass is 16.4. The molecule has 6 heteroatoms. The van der Waals surface area contributed by atoms with E-state index in [1.54, 1.807) is 4.90 Å². The number of hydrogen-bond donors (Lipinski definition) is 3. The zero-order chi connectivity index (χ0) is 13.2. The fourth-order valence-electron chi connectivity index (χ4n) is 2.65. The van der Waals surface area contributed by atoms with Gasteiger partial charge in [-0.05, 0) is 32.1 Å². The van der Waals surface area contributed by atoms with E-state index >= 15 is 0 Å². The lowest BCUT2D eigenvalue weighted by atomic mass is 9.74. The van der Waals surface area contributed by atoms with Crippen molar-refractivity contribution < 1.29 is 14.7 Å². The lowest BCUT2D eigenvalue weighted by Gasteiger charge is -2.43. The molecule has 0 aromatic carbocycles. The molecular formula is C12H21N3O3. The number of rotatable bonds is 3. The molecule has 1 saturated heterocycles. The molecule has 2 aliphatic rings. The first-order valence-corrected chi connectivity index (χ1v) is 6.55. The van der Waals surface area contributed by atoms with Crippen molar-refractivity contribution >= 4 is 12.0 Å². The number of aliphatic carboxylic acids is 1. The van der Waals surface area contributed by atoms with Gasteiger partial charge in [-0.25, -0.2) is 4.79 Å². The number of carbonyl (C=O) groups excluding carboxylic acids is 1. The Morgan fingerprint density at radius 2 is 1.94 bits per heavy atom. The van der Waals surface area contributed by atoms with E-state index in [2.05, 4.69) is 5.32 Å². The third-order valence-electron chi connectivity index (χ3n) is 4.00. The van der Waals surface area contributed by atoms with Crippen LogP contribution in [0.15, 0.2) is 0 Å². The fraction of sp³-hybridized carbons (Fsp3) is 0.833. The number of carbonyl (C=O) groups is 2. The Kier molecular flexibility index (Phi) is 3.75. The molecule has 4 N–H and O–H groups in total. The summed E-state index contributed by atoms with van der Waals surface area (Å²) in [6.07, 6.45) is 4.17. The van der Waals surface area contributed by atoms with Crippen molar-refractivity contribution in [3.05, 3.63) is 0 Å². The van der Waals surface area contributed by atoms with Crippen LogP contribution in [0.2, 0.25) is 0 Å². The molecule has 0 spiro atoms. The Balaban J connectivity index is 1.87. The molecule has 18 heavy (non-hydrogen) atoms. The van der Waals surface area contributed by atoms with Crippen LogP contribution in [0, 0.1) is 0 Å². The predicted molar refractivity (Wildman–Crippen MR) is 66.1 cm³/mol. The van der Waals surface area contributed by atoms with Crippen LogP contribution in [0.5, 0.6) is 0 Å². The Hall–Kier alpha value is -1.30. The Morgan fingerprint density at radius 3 is 2.39 bits per heavy atom. The van der Waals surface area contributed by atoms with Gasteiger partial charge in [-0.2, -0.15) is 0 Å². The van der Waals surface area contributed by atoms with Crippen molar-refractivity contribution in [2.75, 3.05) is 13.1 Å². The molecule has 102 valence electrons. The Morgan fingerprint density at radius 1 is 1.33 bits per heavy atom. The highest BCUT2D eigenvalue weighted by Gasteiger charge is 2.41. The average Bonchev–Trinajstić information content (AvgIpc) is 2.26. The van der Waals surface area contributed by atoms with Crippen LogP contribution in [0.1, 0.15) is 38.5 Å². The van der Waals surface area contributed by atoms with Crippen LogP contribution in [0.3, 0.4) is 0 Å². The van der Waals surface area contributed by atoms with Gasteiger partial charge in [0, 0.05) is 19.1 Å². The van der Waals surface area contributed by atoms with Gasteiger partial charge in [-0.3, -0.25) is 4.79 Å². The van der Waals surface area contributed by atoms with Crippen LogP contribution in [-0.4, -0.2) is 46.7 Å². The van der Waals surface area contributed by atoms with E-state index in [1.165, 1.54) is 0 Å². The summed E-state index contributed by atoms with van der Waals surface area (Å²) >= 11 is 0. The number of amides is 2. The van der Waals surface area contributed by atoms with Crippen molar-refractivity contribution in [2.45, 2.75) is 50.1 Å². The number of carboxylic acids is 1. The smallest absolute Gasteiger partial charge is 0.317 e. The lowest BCUT2D eigenvalue weighted by Crippen LogP contribution is -2.59. The molecule has 2 rings (SSSR count). The second-order valence-electron chi connectivity index (χ2n) is 5.46. The molecule has 1 heterocycles. The van der Waals surface area contributed by atoms with E-state index in [-0.39, 0.29) is 18.5 Å². The first-order valence-electron chi connectivity index (χ1n) is 6.55. The monoisotopic (exact) mass is 255 g/mol. The largest absolute Gasteiger partial charge is 0.481 e. The van der Waals surface area contributed by atoms with E-state index in [0.29, 0.717) is 13.1 Å². The summed E-state index contributed by atoms with van der Waals surface area (Å²) in [7, 11) is 0. The van der Waals surface area contributed by atoms with Gasteiger partial charge in [0.1, 0.15) is 0 Å². The van der Waals surface area contributed by atoms with Crippen LogP contribution in [0.4, 0.5) is 4.79 Å². The maximum atomic E-state index is 12.1. The van der Waals surface area contributed by atoms with Gasteiger partial charge >= 0.3 is 12.0 Å². The van der Waals surface area contributed by atoms with Gasteiger partial charge in [0.15, 0.2) is 0 Å². The highest BCUT2D eigenvalue weighted by molar-refractivity contribution is 5.77. The van der Waals surface area contributed by atoms with E-state index < -0.39 is 11.5 Å². The van der Waals surface area contributed by atoms with Crippen molar-refractivity contribution in [3.8, 4) is 0 Å². The van der Waals surface area contributed by atoms with E-state index in [4.69, 9.17) is 10.8 Å². The maximum absolute atomic E-state index is 12.1. The minimum Gasteiger partial charge on any atom is -0.481 e. The molecule has 2 amide bonds. The van der Waals surface area contributed by atoms with Gasteiger partial charge in [0.25, 0.3) is 0 Å². The molecule has 0 atom stereocenters. The average molecular weight is 255 g/mol. The Labute approximate surface area is 107 Å². The van der Waals surface area contributed by atoms with Crippen LogP contribution in [0.25, 0.3) is 0 Å². The van der Waals surface area contributed by atoms with E-state index in [0.717, 1.165) is 32.1 Å². The van der Waals surface area contributed by atoms with E-state index in [9.17, 15) is 9.59 Å². The molecule has 0 bridgehead atoms. The van der Waals surface area contributed by atoms with Gasteiger partial charge in [0.2, 0.25) is 0 Å². The highest BCUT2D eigenvalue weighted by Crippen LogP contribution is 2.35. The first-order chi connectivity index (χ1) is 8.51. The van der Waals surface area contributed by atoms with E-state index in [1.807, 2.05) is 0 Å². The second-order valence-corrected chi connectivity index (χ2v) is 5.46. The molecule has 1 aliphatic carbocycles. The van der Waals surface area contributed by atoms with Crippen LogP contribution in [-0.2, 0) is 4.79 Å². The molecule has 1 saturated carbocycles. The molecule has 0 aromatic heterocycles. The standard InChI is InChI=1S/C12H21N3O3/c13-9-2-6-15(7-3-9)11(18)14-12(4-1-5-12)8-10(16)17/h9H,1-8,13H2,(H,14,18)(H,16,17). The van der Waals surface area contributed by atoms with Gasteiger partial charge in [0.05, 0.1) is 12.0 Å². The summed E-state index contributed by atoms with van der Waals surface area (Å²) < 4.78 is 0. The summed E-state index contributed by atoms with van der Waals surface area (Å²) in [5.41, 5.74) is 5.28. The molecule has 0 aromatic rings. The third kappa shape index (κ3) is 2.93. The number of carboxylic acid groups (broad SMARTS) is 1. The SMILES string of the molecule is NC1CCN(C(=O)NC2(CC(=O)O)CCC2)CC1. The van der Waals surface area contributed by atoms with Crippen molar-refractivity contribution in [1.29, 1.82) is 0 Å². The number of urea groups is 1. The molecular weight excluding hydrogens is 234 g/mol. The van der Waals surface area contributed by atoms with Crippen molar-refractivity contribution in [1.82, 2.24) is 10.2 Å². The number of nitrogens with zero attached hydrogens (tertiary/aromatic N) is 1. The molecule has 2 fully saturated rings. The van der Waals surface area contributed by atoms with Crippen LogP contribution < -0.4 is 11.1 Å². The molecule has 1 aliphatic heterocycles. The van der Waals surface area contributed by atoms with Crippen molar-refractivity contribution in [3.63, 3.8) is 0 Å². The predicted octanol–water partition coefficient (Wildman–Crippen LogP) is 0.516. The zero-order valence-electron chi connectivity index (χ0n) is 10.5. The number of piperidine rings is 1. The summed E-state index contributed by atoms with van der Waals surface area (Å²) in [6.45, 7) is 1.33. The summed E-state index contributed by atoms with van der Waals surface area (Å²) in [6, 6.07) is 0.0496. The zero-order valence-corrected chi connectivity index (χ0v) is 10.5. The fourth-order valence-corrected chi connectivity index (χ4v) is 2.65. The lowest BCUT2D eigenvalue weighted by molar-refractivity contribution is -0.139. The van der Waals surface area contributed by atoms with Gasteiger partial charge in [-0.1, -0.05) is 0 Å². The number of nitrogens with two attached hydrogens (primary N) is 1. The van der Waals surface area contributed by atoms with Gasteiger partial charge < -0.3 is 21.1 Å². The van der Waals surface area contributed by atoms with Gasteiger partial charge in [-0.15, -0.1) is 0 Å². The minimum atomic E-state index is -0.851. The molecule has 0 radical (unpaired) electrons. The van der Waals surface area contributed by atoms with Crippen LogP contribution >= 0.6 is 0 Å². The number of likely N-dealkylation sites (tertiary alicyclic amines) is 1. The minimum absolute atomic E-state index is 0.0199. The molecule has 0 unspecified atom stereocenters. The first kappa shape index (κ1) is 13.1. The topological polar surface area (TPSA) is 95.7 Å². The van der Waals surface area contributed by atoms with Crippen molar-refractivity contribution in [2.24, 2.45) is 5.73 Å². The summed E-state index contributed by atoms with van der Waals surface area (Å²) in [5, 5.41) is 11.8. The Bertz CT molecular complexity index is 333. The number of hydrogen-bond acceptors (Lipinski definition) is 3. The number of nitrogens with one attached hydrogen (secondary N) is 1. The summed E-state index contributed by atoms with van der Waals surface area (Å²) in [4.78, 5) is 24.6. The quantitative estimate of drug-likeness (QED) is 0.685. The summed E-state index contributed by atoms with van der Waals surface area (Å²) in [5.74, 6) is -0.851. The third-order valence-corrected chi connectivity index (χ3v) is 4.00. The molecule has 6 nitrogen and oxygen atoms in total. The second kappa shape index (κ2) is 5.14.